The highest BCUT2D eigenvalue weighted by molar-refractivity contribution is 7.94. The topological polar surface area (TPSA) is 74.3 Å². The molecule has 0 fully saturated rings. The maximum absolute atomic E-state index is 10.7. The first-order chi connectivity index (χ1) is 5.48. The molecule has 0 aliphatic heterocycles. The second-order valence-electron chi connectivity index (χ2n) is 1.94. The van der Waals surface area contributed by atoms with E-state index in [1.165, 1.54) is 12.2 Å². The summed E-state index contributed by atoms with van der Waals surface area (Å²) in [6.07, 6.45) is 2.57. The second kappa shape index (κ2) is 5.23. The van der Waals surface area contributed by atoms with E-state index in [1.807, 2.05) is 0 Å². The molecule has 0 aliphatic carbocycles. The Morgan fingerprint density at radius 2 is 2.00 bits per heavy atom. The molecule has 4 nitrogen and oxygen atoms in total. The van der Waals surface area contributed by atoms with Crippen molar-refractivity contribution >= 4 is 20.9 Å². The normalized spacial score (nSPS) is 14.8. The van der Waals surface area contributed by atoms with Crippen LogP contribution in [0.1, 0.15) is 0 Å². The molecule has 0 aromatic heterocycles. The van der Waals surface area contributed by atoms with Crippen LogP contribution in [0.4, 0.5) is 0 Å². The highest BCUT2D eigenvalue weighted by Gasteiger charge is 1.98. The number of hydrogen-bond acceptors (Lipinski definition) is 4. The zero-order chi connectivity index (χ0) is 9.61. The van der Waals surface area contributed by atoms with Crippen LogP contribution < -0.4 is 0 Å². The predicted octanol–water partition coefficient (Wildman–Crippen LogP) is -0.0200. The van der Waals surface area contributed by atoms with Gasteiger partial charge in [-0.2, -0.15) is 0 Å². The molecule has 0 rings (SSSR count). The maximum Gasteiger partial charge on any atom is 0.174 e. The lowest BCUT2D eigenvalue weighted by Crippen LogP contribution is -1.99. The van der Waals surface area contributed by atoms with Gasteiger partial charge in [-0.1, -0.05) is 29.8 Å². The van der Waals surface area contributed by atoms with Crippen molar-refractivity contribution < 1.29 is 17.2 Å². The minimum atomic E-state index is -3.24. The average Bonchev–Trinajstić information content (AvgIpc) is 1.98. The lowest BCUT2D eigenvalue weighted by Gasteiger charge is -1.97. The van der Waals surface area contributed by atoms with E-state index in [2.05, 4.69) is 6.58 Å². The molecule has 0 bridgehead atoms. The molecule has 1 unspecified atom stereocenters. The van der Waals surface area contributed by atoms with Crippen LogP contribution in [0.15, 0.2) is 24.1 Å². The van der Waals surface area contributed by atoms with Crippen molar-refractivity contribution in [2.24, 2.45) is 0 Å². The molecule has 12 heavy (non-hydrogen) atoms. The molecule has 0 radical (unpaired) electrons. The third-order valence-corrected chi connectivity index (χ3v) is 2.61. The van der Waals surface area contributed by atoms with Gasteiger partial charge in [0.1, 0.15) is 0 Å². The minimum Gasteiger partial charge on any atom is -0.772 e. The van der Waals surface area contributed by atoms with Crippen LogP contribution in [0.5, 0.6) is 0 Å². The smallest absolute Gasteiger partial charge is 0.174 e. The third kappa shape index (κ3) is 6.26. The summed E-state index contributed by atoms with van der Waals surface area (Å²) >= 11 is -2.15. The fourth-order valence-electron chi connectivity index (χ4n) is 0.417. The van der Waals surface area contributed by atoms with E-state index >= 15 is 0 Å². The molecule has 0 saturated carbocycles. The molecule has 0 heterocycles. The van der Waals surface area contributed by atoms with E-state index in [-0.39, 0.29) is 11.5 Å². The maximum atomic E-state index is 10.7. The molecule has 0 saturated heterocycles. The van der Waals surface area contributed by atoms with Gasteiger partial charge in [-0.05, 0) is 0 Å². The van der Waals surface area contributed by atoms with Gasteiger partial charge in [-0.3, -0.25) is 4.21 Å². The van der Waals surface area contributed by atoms with Gasteiger partial charge in [0.05, 0.1) is 5.75 Å². The van der Waals surface area contributed by atoms with E-state index < -0.39 is 20.9 Å². The molecule has 0 N–H and O–H groups in total. The van der Waals surface area contributed by atoms with Gasteiger partial charge >= 0.3 is 0 Å². The predicted molar refractivity (Wildman–Crippen MR) is 46.9 cm³/mol. The molecule has 0 aliphatic rings. The summed E-state index contributed by atoms with van der Waals surface area (Å²) < 4.78 is 41.4. The summed E-state index contributed by atoms with van der Waals surface area (Å²) in [5.74, 6) is -0.361. The monoisotopic (exact) mass is 209 g/mol. The lowest BCUT2D eigenvalue weighted by atomic mass is 10.6. The first-order valence-electron chi connectivity index (χ1n) is 3.04. The molecule has 0 amide bonds. The van der Waals surface area contributed by atoms with Gasteiger partial charge in [0.2, 0.25) is 0 Å². The highest BCUT2D eigenvalue weighted by atomic mass is 32.2. The second-order valence-corrected chi connectivity index (χ2v) is 4.87. The standard InChI is InChI=1S/C6H10O4S2/c1-2-12(9,10)6-4-3-5-11(7)8/h2-4H,1,5-6H2,(H,7,8)/p-1/b4-3+. The van der Waals surface area contributed by atoms with Crippen LogP contribution in [-0.2, 0) is 20.9 Å². The molecule has 70 valence electrons. The summed E-state index contributed by atoms with van der Waals surface area (Å²) in [4.78, 5) is 0. The van der Waals surface area contributed by atoms with Crippen molar-refractivity contribution in [3.63, 3.8) is 0 Å². The number of hydrogen-bond donors (Lipinski definition) is 0. The van der Waals surface area contributed by atoms with Crippen molar-refractivity contribution in [2.45, 2.75) is 0 Å². The molecule has 0 spiro atoms. The van der Waals surface area contributed by atoms with E-state index in [9.17, 15) is 17.2 Å². The van der Waals surface area contributed by atoms with Gasteiger partial charge in [0, 0.05) is 11.2 Å². The molecule has 0 aromatic rings. The molecule has 0 aromatic carbocycles. The molecular weight excluding hydrogens is 200 g/mol. The Kier molecular flexibility index (Phi) is 5.03. The summed E-state index contributed by atoms with van der Waals surface area (Å²) in [7, 11) is -3.24. The molecule has 6 heteroatoms. The SMILES string of the molecule is C=CS(=O)(=O)C/C=C/CS(=O)[O-]. The number of rotatable bonds is 5. The van der Waals surface area contributed by atoms with Gasteiger partial charge in [-0.15, -0.1) is 0 Å². The van der Waals surface area contributed by atoms with E-state index in [0.29, 0.717) is 0 Å². The Bertz CT molecular complexity index is 289. The number of sulfone groups is 1. The zero-order valence-corrected chi connectivity index (χ0v) is 7.94. The van der Waals surface area contributed by atoms with E-state index in [1.54, 1.807) is 0 Å². The Labute approximate surface area is 74.2 Å². The quantitative estimate of drug-likeness (QED) is 0.471. The van der Waals surface area contributed by atoms with Crippen LogP contribution >= 0.6 is 0 Å². The van der Waals surface area contributed by atoms with Crippen molar-refractivity contribution in [3.8, 4) is 0 Å². The summed E-state index contributed by atoms with van der Waals surface area (Å²) in [5.41, 5.74) is 0. The summed E-state index contributed by atoms with van der Waals surface area (Å²) in [6.45, 7) is 3.10. The Morgan fingerprint density at radius 3 is 2.42 bits per heavy atom. The third-order valence-electron chi connectivity index (χ3n) is 0.981. The van der Waals surface area contributed by atoms with Crippen LogP contribution in [0, 0.1) is 0 Å². The van der Waals surface area contributed by atoms with Crippen LogP contribution in [0.25, 0.3) is 0 Å². The minimum absolute atomic E-state index is 0.160. The van der Waals surface area contributed by atoms with Crippen molar-refractivity contribution in [3.05, 3.63) is 24.1 Å². The van der Waals surface area contributed by atoms with Gasteiger partial charge < -0.3 is 4.55 Å². The fourth-order valence-corrected chi connectivity index (χ4v) is 1.25. The Morgan fingerprint density at radius 1 is 1.42 bits per heavy atom. The van der Waals surface area contributed by atoms with Crippen molar-refractivity contribution in [1.29, 1.82) is 0 Å². The highest BCUT2D eigenvalue weighted by Crippen LogP contribution is 1.91. The first-order valence-corrected chi connectivity index (χ1v) is 6.00. The van der Waals surface area contributed by atoms with Gasteiger partial charge in [-0.25, -0.2) is 8.42 Å². The van der Waals surface area contributed by atoms with Crippen LogP contribution in [0.2, 0.25) is 0 Å². The molecule has 1 atom stereocenters. The van der Waals surface area contributed by atoms with Gasteiger partial charge in [0.25, 0.3) is 0 Å². The fraction of sp³-hybridized carbons (Fsp3) is 0.333. The largest absolute Gasteiger partial charge is 0.772 e. The summed E-state index contributed by atoms with van der Waals surface area (Å²) in [6, 6.07) is 0. The Balaban J connectivity index is 3.91. The Hall–Kier alpha value is -0.460. The van der Waals surface area contributed by atoms with Crippen molar-refractivity contribution in [1.82, 2.24) is 0 Å². The van der Waals surface area contributed by atoms with Crippen LogP contribution in [0.3, 0.4) is 0 Å². The van der Waals surface area contributed by atoms with Crippen LogP contribution in [-0.4, -0.2) is 28.7 Å². The average molecular weight is 209 g/mol. The first kappa shape index (κ1) is 11.5. The van der Waals surface area contributed by atoms with E-state index in [0.717, 1.165) is 5.41 Å². The van der Waals surface area contributed by atoms with E-state index in [4.69, 9.17) is 0 Å². The van der Waals surface area contributed by atoms with Gasteiger partial charge in [0.15, 0.2) is 9.84 Å². The zero-order valence-electron chi connectivity index (χ0n) is 6.30. The van der Waals surface area contributed by atoms with Crippen molar-refractivity contribution in [2.75, 3.05) is 11.5 Å². The summed E-state index contributed by atoms with van der Waals surface area (Å²) in [5, 5.41) is 0.839. The molecular formula is C6H9O4S2-. The lowest BCUT2D eigenvalue weighted by molar-refractivity contribution is 0.540.